The van der Waals surface area contributed by atoms with E-state index in [1.54, 1.807) is 0 Å². The fourth-order valence-corrected chi connectivity index (χ4v) is 6.63. The Morgan fingerprint density at radius 3 is 2.10 bits per heavy atom. The summed E-state index contributed by atoms with van der Waals surface area (Å²) in [4.78, 5) is 16.0. The third-order valence-corrected chi connectivity index (χ3v) is 10.9. The molecule has 3 nitrogen and oxygen atoms in total. The van der Waals surface area contributed by atoms with Crippen LogP contribution in [0.4, 0.5) is 0 Å². The van der Waals surface area contributed by atoms with Gasteiger partial charge in [-0.2, -0.15) is 0 Å². The monoisotopic (exact) mass is 775 g/mol. The van der Waals surface area contributed by atoms with E-state index in [0.29, 0.717) is 0 Å². The summed E-state index contributed by atoms with van der Waals surface area (Å²) in [6, 6.07) is 27.6. The minimum Gasteiger partial charge on any atom is 0 e. The molecule has 0 fully saturated rings. The van der Waals surface area contributed by atoms with Crippen molar-refractivity contribution in [3.63, 3.8) is 0 Å². The van der Waals surface area contributed by atoms with Gasteiger partial charge in [-0.1, -0.05) is 27.7 Å². The van der Waals surface area contributed by atoms with Crippen molar-refractivity contribution < 1.29 is 30.0 Å². The van der Waals surface area contributed by atoms with Gasteiger partial charge in [0.1, 0.15) is 0 Å². The molecule has 0 saturated heterocycles. The van der Waals surface area contributed by atoms with Gasteiger partial charge < -0.3 is 5.11 Å². The number of carbonyl (C=O) groups excluding carboxylic acids is 1. The number of aliphatic hydroxyl groups excluding tert-OH is 1. The zero-order valence-electron chi connectivity index (χ0n) is 25.2. The Morgan fingerprint density at radius 2 is 1.55 bits per heavy atom. The molecular weight excluding hydrogens is 731 g/mol. The van der Waals surface area contributed by atoms with Crippen LogP contribution in [0.25, 0.3) is 33.3 Å². The van der Waals surface area contributed by atoms with Crippen LogP contribution in [-0.2, 0) is 24.9 Å². The number of aliphatic hydroxyl groups is 1. The van der Waals surface area contributed by atoms with Crippen LogP contribution < -0.4 is 4.40 Å². The van der Waals surface area contributed by atoms with Crippen molar-refractivity contribution >= 4 is 34.3 Å². The summed E-state index contributed by atoms with van der Waals surface area (Å²) < 4.78 is 1.51. The summed E-state index contributed by atoms with van der Waals surface area (Å²) in [5.74, 6) is 7.48. The minimum absolute atomic E-state index is 0. The summed E-state index contributed by atoms with van der Waals surface area (Å²) >= 11 is -1.93. The molecule has 5 heteroatoms. The van der Waals surface area contributed by atoms with Gasteiger partial charge in [0.05, 0.1) is 5.76 Å². The molecule has 1 N–H and O–H groups in total. The van der Waals surface area contributed by atoms with E-state index in [9.17, 15) is 9.90 Å². The topological polar surface area (TPSA) is 50.2 Å². The summed E-state index contributed by atoms with van der Waals surface area (Å²) in [6.07, 6.45) is 1.31. The first-order valence-electron chi connectivity index (χ1n) is 13.7. The number of rotatable bonds is 6. The molecule has 0 spiro atoms. The van der Waals surface area contributed by atoms with Crippen LogP contribution in [0.5, 0.6) is 0 Å². The van der Waals surface area contributed by atoms with Crippen LogP contribution >= 0.6 is 0 Å². The van der Waals surface area contributed by atoms with E-state index in [0.717, 1.165) is 22.3 Å². The van der Waals surface area contributed by atoms with Crippen molar-refractivity contribution in [3.05, 3.63) is 95.8 Å². The van der Waals surface area contributed by atoms with Gasteiger partial charge in [-0.15, -0.1) is 0 Å². The molecule has 40 heavy (non-hydrogen) atoms. The van der Waals surface area contributed by atoms with Crippen LogP contribution in [0.15, 0.2) is 78.6 Å². The van der Waals surface area contributed by atoms with E-state index in [2.05, 4.69) is 104 Å². The zero-order valence-corrected chi connectivity index (χ0v) is 29.7. The first kappa shape index (κ1) is 33.7. The molecule has 1 radical (unpaired) electrons. The number of aromatic nitrogens is 1. The number of aryl methyl sites for hydroxylation is 2. The number of fused-ring (bicyclic) bond motifs is 1. The molecule has 0 aliphatic carbocycles. The Morgan fingerprint density at radius 1 is 0.900 bits per heavy atom. The second-order valence-electron chi connectivity index (χ2n) is 11.9. The number of hydrogen-bond acceptors (Lipinski definition) is 3. The largest absolute Gasteiger partial charge is 0 e. The maximum Gasteiger partial charge on any atom is 0 e. The number of carbonyl (C=O) groups is 1. The molecule has 4 rings (SSSR count). The molecular formula is C35H42GeIrNO2-. The Bertz CT molecular complexity index is 1460. The predicted molar refractivity (Wildman–Crippen MR) is 169 cm³/mol. The van der Waals surface area contributed by atoms with Gasteiger partial charge >= 0.3 is 171 Å². The van der Waals surface area contributed by atoms with Crippen molar-refractivity contribution in [1.82, 2.24) is 4.98 Å². The fraction of sp³-hybridized carbons (Fsp3) is 0.314. The molecule has 1 heterocycles. The second kappa shape index (κ2) is 14.4. The first-order chi connectivity index (χ1) is 18.3. The number of hydrogen-bond donors (Lipinski definition) is 1. The van der Waals surface area contributed by atoms with Gasteiger partial charge in [-0.25, -0.2) is 0 Å². The number of nitrogens with zero attached hydrogens (tertiary/aromatic N) is 1. The van der Waals surface area contributed by atoms with Gasteiger partial charge in [0.2, 0.25) is 0 Å². The molecule has 1 aromatic heterocycles. The predicted octanol–water partition coefficient (Wildman–Crippen LogP) is 8.84. The molecule has 0 atom stereocenters. The Labute approximate surface area is 256 Å². The Hall–Kier alpha value is -2.53. The average molecular weight is 774 g/mol. The van der Waals surface area contributed by atoms with Crippen LogP contribution in [-0.4, -0.2) is 29.1 Å². The van der Waals surface area contributed by atoms with E-state index < -0.39 is 13.3 Å². The molecule has 0 bridgehead atoms. The summed E-state index contributed by atoms with van der Waals surface area (Å²) in [5, 5.41) is 10.4. The Balaban J connectivity index is 0.000000400. The number of benzene rings is 3. The number of allylic oxidation sites excluding steroid dienone is 2. The molecule has 0 aliphatic heterocycles. The minimum atomic E-state index is -1.93. The van der Waals surface area contributed by atoms with E-state index in [1.165, 1.54) is 32.5 Å². The third-order valence-electron chi connectivity index (χ3n) is 6.63. The number of ketones is 1. The van der Waals surface area contributed by atoms with Crippen LogP contribution in [0.3, 0.4) is 0 Å². The van der Waals surface area contributed by atoms with Crippen molar-refractivity contribution in [2.24, 2.45) is 11.8 Å². The summed E-state index contributed by atoms with van der Waals surface area (Å²) in [7, 11) is 0. The average Bonchev–Trinajstić information content (AvgIpc) is 2.87. The molecule has 0 saturated carbocycles. The van der Waals surface area contributed by atoms with Gasteiger partial charge in [0.25, 0.3) is 0 Å². The molecule has 0 aliphatic rings. The maximum absolute atomic E-state index is 11.0. The SMILES string of the molecule is CC(C)C(=O)/C=C(\O)C(C)C.Cc1[c-]c(-c2cc(-c3ccccc3)c3c[c]([Ge]([CH3])([CH3])[CH3])ccc3n2)cc(C)c1.[Ir]. The molecule has 4 aromatic rings. The standard InChI is InChI=1S/C26H26GeN.C9H16O2.Ir/c1-18-13-19(2)15-21(14-18)26-17-23(20-9-7-6-8-10-20)24-16-22(27(3,4)5)11-12-25(24)28-26;1-6(2)8(10)5-9(11)7(3)4;/h6-14,16-17H,1-5H3;5-7,10H,1-4H3;/q-1;;/b;8-5-;. The fourth-order valence-electron chi connectivity index (χ4n) is 4.20. The van der Waals surface area contributed by atoms with Crippen LogP contribution in [0.2, 0.25) is 17.3 Å². The maximum atomic E-state index is 11.0. The Kier molecular flexibility index (Phi) is 12.1. The van der Waals surface area contributed by atoms with Gasteiger partial charge in [-0.05, 0) is 0 Å². The van der Waals surface area contributed by atoms with Gasteiger partial charge in [0.15, 0.2) is 5.78 Å². The third kappa shape index (κ3) is 8.99. The van der Waals surface area contributed by atoms with Crippen molar-refractivity contribution in [1.29, 1.82) is 0 Å². The van der Waals surface area contributed by atoms with E-state index in [4.69, 9.17) is 4.98 Å². The van der Waals surface area contributed by atoms with Gasteiger partial charge in [0, 0.05) is 38.0 Å². The van der Waals surface area contributed by atoms with Crippen LogP contribution in [0.1, 0.15) is 38.8 Å². The first-order valence-corrected chi connectivity index (χ1v) is 21.1. The van der Waals surface area contributed by atoms with E-state index >= 15 is 0 Å². The normalized spacial score (nSPS) is 11.7. The van der Waals surface area contributed by atoms with Crippen LogP contribution in [0, 0.1) is 31.7 Å². The van der Waals surface area contributed by atoms with Crippen molar-refractivity contribution in [2.75, 3.05) is 0 Å². The van der Waals surface area contributed by atoms with E-state index in [-0.39, 0.29) is 43.5 Å². The molecule has 0 unspecified atom stereocenters. The van der Waals surface area contributed by atoms with E-state index in [1.807, 2.05) is 27.7 Å². The van der Waals surface area contributed by atoms with Gasteiger partial charge in [-0.3, -0.25) is 4.79 Å². The molecule has 213 valence electrons. The smallest absolute Gasteiger partial charge is 0 e. The van der Waals surface area contributed by atoms with Crippen molar-refractivity contribution in [3.8, 4) is 22.4 Å². The second-order valence-corrected chi connectivity index (χ2v) is 22.6. The zero-order chi connectivity index (χ0) is 28.9. The quantitative estimate of drug-likeness (QED) is 0.0923. The van der Waals surface area contributed by atoms with Crippen molar-refractivity contribution in [2.45, 2.75) is 58.8 Å². The molecule has 0 amide bonds. The summed E-state index contributed by atoms with van der Waals surface area (Å²) in [5.41, 5.74) is 7.98. The molecule has 3 aromatic carbocycles. The summed E-state index contributed by atoms with van der Waals surface area (Å²) in [6.45, 7) is 11.5. The number of pyridine rings is 1.